The maximum Gasteiger partial charge on any atom is 0.123 e. The fourth-order valence-corrected chi connectivity index (χ4v) is 2.67. The molecule has 0 aliphatic heterocycles. The van der Waals surface area contributed by atoms with Gasteiger partial charge in [0.15, 0.2) is 0 Å². The Labute approximate surface area is 123 Å². The fraction of sp³-hybridized carbons (Fsp3) is 0.647. The first-order valence-electron chi connectivity index (χ1n) is 7.73. The Morgan fingerprint density at radius 1 is 1.40 bits per heavy atom. The van der Waals surface area contributed by atoms with Crippen molar-refractivity contribution < 1.29 is 4.74 Å². The van der Waals surface area contributed by atoms with E-state index in [4.69, 9.17) is 4.74 Å². The first-order valence-corrected chi connectivity index (χ1v) is 7.73. The second-order valence-corrected chi connectivity index (χ2v) is 5.92. The third kappa shape index (κ3) is 3.97. The summed E-state index contributed by atoms with van der Waals surface area (Å²) in [6, 6.07) is 7.59. The molecular weight excluding hydrogens is 248 g/mol. The Hall–Kier alpha value is -1.06. The summed E-state index contributed by atoms with van der Waals surface area (Å²) in [5.41, 5.74) is 2.58. The van der Waals surface area contributed by atoms with E-state index in [0.717, 1.165) is 31.3 Å². The molecule has 0 bridgehead atoms. The lowest BCUT2D eigenvalue weighted by molar-refractivity contribution is 0.277. The van der Waals surface area contributed by atoms with E-state index in [0.29, 0.717) is 6.04 Å². The van der Waals surface area contributed by atoms with Crippen LogP contribution in [0.15, 0.2) is 18.2 Å². The zero-order valence-electron chi connectivity index (χ0n) is 13.3. The average Bonchev–Trinajstić information content (AvgIpc) is 3.27. The number of benzene rings is 1. The highest BCUT2D eigenvalue weighted by Crippen LogP contribution is 2.30. The lowest BCUT2D eigenvalue weighted by atomic mass is 10.0. The van der Waals surface area contributed by atoms with Gasteiger partial charge in [0.25, 0.3) is 0 Å². The second kappa shape index (κ2) is 7.09. The highest BCUT2D eigenvalue weighted by Gasteiger charge is 2.28. The number of methoxy groups -OCH3 is 1. The van der Waals surface area contributed by atoms with E-state index in [1.807, 2.05) is 0 Å². The molecule has 1 aliphatic rings. The molecule has 2 rings (SSSR count). The highest BCUT2D eigenvalue weighted by atomic mass is 16.5. The quantitative estimate of drug-likeness (QED) is 0.789. The van der Waals surface area contributed by atoms with Gasteiger partial charge in [0.2, 0.25) is 0 Å². The van der Waals surface area contributed by atoms with Gasteiger partial charge in [-0.3, -0.25) is 0 Å². The molecule has 0 amide bonds. The molecular formula is C17H28N2O. The molecule has 1 atom stereocenters. The van der Waals surface area contributed by atoms with Crippen LogP contribution in [0.5, 0.6) is 5.75 Å². The Morgan fingerprint density at radius 3 is 2.75 bits per heavy atom. The molecule has 1 fully saturated rings. The van der Waals surface area contributed by atoms with Crippen molar-refractivity contribution in [2.75, 3.05) is 27.2 Å². The SMILES string of the molecule is CCCNC(CN(C)C1CC1)c1cc(C)ccc1OC. The summed E-state index contributed by atoms with van der Waals surface area (Å²) < 4.78 is 5.56. The summed E-state index contributed by atoms with van der Waals surface area (Å²) in [7, 11) is 4.00. The molecule has 0 spiro atoms. The van der Waals surface area contributed by atoms with Crippen LogP contribution in [0.2, 0.25) is 0 Å². The molecule has 112 valence electrons. The summed E-state index contributed by atoms with van der Waals surface area (Å²) in [5, 5.41) is 3.68. The van der Waals surface area contributed by atoms with Crippen molar-refractivity contribution in [2.24, 2.45) is 0 Å². The van der Waals surface area contributed by atoms with Gasteiger partial charge < -0.3 is 15.0 Å². The lowest BCUT2D eigenvalue weighted by Gasteiger charge is -2.27. The van der Waals surface area contributed by atoms with E-state index >= 15 is 0 Å². The van der Waals surface area contributed by atoms with Crippen molar-refractivity contribution in [3.05, 3.63) is 29.3 Å². The van der Waals surface area contributed by atoms with Crippen molar-refractivity contribution >= 4 is 0 Å². The molecule has 1 N–H and O–H groups in total. The topological polar surface area (TPSA) is 24.5 Å². The van der Waals surface area contributed by atoms with E-state index in [9.17, 15) is 0 Å². The summed E-state index contributed by atoms with van der Waals surface area (Å²) in [5.74, 6) is 0.994. The van der Waals surface area contributed by atoms with Gasteiger partial charge in [-0.2, -0.15) is 0 Å². The van der Waals surface area contributed by atoms with Crippen LogP contribution in [0.25, 0.3) is 0 Å². The van der Waals surface area contributed by atoms with E-state index < -0.39 is 0 Å². The fourth-order valence-electron chi connectivity index (χ4n) is 2.67. The summed E-state index contributed by atoms with van der Waals surface area (Å²) in [4.78, 5) is 2.48. The van der Waals surface area contributed by atoms with E-state index in [1.165, 1.54) is 24.0 Å². The molecule has 0 saturated heterocycles. The van der Waals surface area contributed by atoms with Gasteiger partial charge >= 0.3 is 0 Å². The predicted molar refractivity (Wildman–Crippen MR) is 84.4 cm³/mol. The van der Waals surface area contributed by atoms with Crippen molar-refractivity contribution in [2.45, 2.75) is 45.2 Å². The number of nitrogens with zero attached hydrogens (tertiary/aromatic N) is 1. The molecule has 3 heteroatoms. The van der Waals surface area contributed by atoms with Gasteiger partial charge in [-0.05, 0) is 45.8 Å². The highest BCUT2D eigenvalue weighted by molar-refractivity contribution is 5.39. The molecule has 1 saturated carbocycles. The molecule has 0 aromatic heterocycles. The third-order valence-corrected chi connectivity index (χ3v) is 4.04. The third-order valence-electron chi connectivity index (χ3n) is 4.04. The lowest BCUT2D eigenvalue weighted by Crippen LogP contribution is -2.34. The van der Waals surface area contributed by atoms with Crippen molar-refractivity contribution in [3.63, 3.8) is 0 Å². The number of hydrogen-bond acceptors (Lipinski definition) is 3. The van der Waals surface area contributed by atoms with Gasteiger partial charge in [-0.15, -0.1) is 0 Å². The number of rotatable bonds is 8. The van der Waals surface area contributed by atoms with Crippen molar-refractivity contribution in [3.8, 4) is 5.75 Å². The Bertz CT molecular complexity index is 429. The molecule has 0 radical (unpaired) electrons. The van der Waals surface area contributed by atoms with Crippen LogP contribution in [0.3, 0.4) is 0 Å². The number of likely N-dealkylation sites (N-methyl/N-ethyl adjacent to an activating group) is 1. The maximum atomic E-state index is 5.56. The molecule has 1 unspecified atom stereocenters. The number of ether oxygens (including phenoxy) is 1. The zero-order chi connectivity index (χ0) is 14.5. The Kier molecular flexibility index (Phi) is 5.44. The van der Waals surface area contributed by atoms with Crippen molar-refractivity contribution in [1.82, 2.24) is 10.2 Å². The number of nitrogens with one attached hydrogen (secondary N) is 1. The van der Waals surface area contributed by atoms with E-state index in [1.54, 1.807) is 7.11 Å². The molecule has 1 aliphatic carbocycles. The first-order chi connectivity index (χ1) is 9.65. The van der Waals surface area contributed by atoms with Crippen LogP contribution in [0.4, 0.5) is 0 Å². The minimum absolute atomic E-state index is 0.343. The van der Waals surface area contributed by atoms with E-state index in [-0.39, 0.29) is 0 Å². The summed E-state index contributed by atoms with van der Waals surface area (Å²) in [6.07, 6.45) is 3.85. The standard InChI is InChI=1S/C17H28N2O/c1-5-10-18-16(12-19(3)14-7-8-14)15-11-13(2)6-9-17(15)20-4/h6,9,11,14,16,18H,5,7-8,10,12H2,1-4H3. The van der Waals surface area contributed by atoms with Crippen LogP contribution in [-0.4, -0.2) is 38.2 Å². The zero-order valence-corrected chi connectivity index (χ0v) is 13.3. The van der Waals surface area contributed by atoms with Gasteiger partial charge in [-0.1, -0.05) is 24.6 Å². The van der Waals surface area contributed by atoms with Crippen LogP contribution < -0.4 is 10.1 Å². The van der Waals surface area contributed by atoms with Crippen LogP contribution >= 0.6 is 0 Å². The molecule has 1 aromatic carbocycles. The van der Waals surface area contributed by atoms with Crippen LogP contribution in [0.1, 0.15) is 43.4 Å². The number of aryl methyl sites for hydroxylation is 1. The van der Waals surface area contributed by atoms with Crippen molar-refractivity contribution in [1.29, 1.82) is 0 Å². The Balaban J connectivity index is 2.17. The molecule has 3 nitrogen and oxygen atoms in total. The van der Waals surface area contributed by atoms with E-state index in [2.05, 4.69) is 49.3 Å². The van der Waals surface area contributed by atoms with Crippen LogP contribution in [0, 0.1) is 6.92 Å². The van der Waals surface area contributed by atoms with Gasteiger partial charge in [0.1, 0.15) is 5.75 Å². The summed E-state index contributed by atoms with van der Waals surface area (Å²) in [6.45, 7) is 6.44. The smallest absolute Gasteiger partial charge is 0.123 e. The molecule has 20 heavy (non-hydrogen) atoms. The minimum atomic E-state index is 0.343. The second-order valence-electron chi connectivity index (χ2n) is 5.92. The Morgan fingerprint density at radius 2 is 2.15 bits per heavy atom. The van der Waals surface area contributed by atoms with Gasteiger partial charge in [0, 0.05) is 24.2 Å². The predicted octanol–water partition coefficient (Wildman–Crippen LogP) is 3.14. The maximum absolute atomic E-state index is 5.56. The van der Waals surface area contributed by atoms with Gasteiger partial charge in [-0.25, -0.2) is 0 Å². The van der Waals surface area contributed by atoms with Crippen LogP contribution in [-0.2, 0) is 0 Å². The van der Waals surface area contributed by atoms with Gasteiger partial charge in [0.05, 0.1) is 7.11 Å². The number of hydrogen-bond donors (Lipinski definition) is 1. The largest absolute Gasteiger partial charge is 0.496 e. The first kappa shape index (κ1) is 15.3. The summed E-state index contributed by atoms with van der Waals surface area (Å²) >= 11 is 0. The average molecular weight is 276 g/mol. The monoisotopic (exact) mass is 276 g/mol. The minimum Gasteiger partial charge on any atom is -0.496 e. The normalized spacial score (nSPS) is 16.4. The molecule has 1 aromatic rings. The molecule has 0 heterocycles.